The van der Waals surface area contributed by atoms with Crippen molar-refractivity contribution in [1.29, 1.82) is 0 Å². The number of rotatable bonds is 11. The van der Waals surface area contributed by atoms with Crippen LogP contribution in [0.25, 0.3) is 0 Å². The van der Waals surface area contributed by atoms with Crippen LogP contribution in [-0.2, 0) is 0 Å². The van der Waals surface area contributed by atoms with Crippen molar-refractivity contribution in [2.45, 2.75) is 0 Å². The second kappa shape index (κ2) is 10.2. The molecule has 28 heavy (non-hydrogen) atoms. The molecule has 0 amide bonds. The van der Waals surface area contributed by atoms with Crippen LogP contribution in [0.15, 0.2) is 48.5 Å². The Morgan fingerprint density at radius 2 is 0.964 bits per heavy atom. The van der Waals surface area contributed by atoms with Gasteiger partial charge in [-0.2, -0.15) is 0 Å². The Morgan fingerprint density at radius 1 is 0.643 bits per heavy atom. The Kier molecular flexibility index (Phi) is 7.66. The van der Waals surface area contributed by atoms with E-state index in [1.165, 1.54) is 24.3 Å². The van der Waals surface area contributed by atoms with E-state index in [0.717, 1.165) is 11.4 Å². The fourth-order valence-corrected chi connectivity index (χ4v) is 2.79. The molecule has 0 aromatic heterocycles. The number of non-ortho nitro benzene ring substituents is 2. The standard InChI is InChI=1S/C18H22N4O6/c23-13-11-19(15-1-5-17(6-2-15)21(25)26)9-10-20(12-14-24)16-3-7-18(8-4-16)22(27)28/h1-8,23-24H,9-14H2. The Bertz CT molecular complexity index is 714. The smallest absolute Gasteiger partial charge is 0.269 e. The van der Waals surface area contributed by atoms with Gasteiger partial charge in [-0.25, -0.2) is 0 Å². The van der Waals surface area contributed by atoms with Gasteiger partial charge in [-0.3, -0.25) is 20.2 Å². The summed E-state index contributed by atoms with van der Waals surface area (Å²) in [4.78, 5) is 24.4. The first-order valence-corrected chi connectivity index (χ1v) is 8.66. The van der Waals surface area contributed by atoms with E-state index in [-0.39, 0.29) is 24.6 Å². The highest BCUT2D eigenvalue weighted by atomic mass is 16.6. The topological polar surface area (TPSA) is 133 Å². The molecule has 0 fully saturated rings. The van der Waals surface area contributed by atoms with Crippen molar-refractivity contribution in [2.75, 3.05) is 49.2 Å². The molecule has 0 saturated heterocycles. The van der Waals surface area contributed by atoms with Crippen LogP contribution in [0.4, 0.5) is 22.7 Å². The van der Waals surface area contributed by atoms with E-state index in [4.69, 9.17) is 0 Å². The van der Waals surface area contributed by atoms with Crippen molar-refractivity contribution < 1.29 is 20.1 Å². The summed E-state index contributed by atoms with van der Waals surface area (Å²) in [6.45, 7) is 1.46. The van der Waals surface area contributed by atoms with Crippen LogP contribution >= 0.6 is 0 Å². The minimum absolute atomic E-state index is 0.0134. The summed E-state index contributed by atoms with van der Waals surface area (Å²) < 4.78 is 0. The minimum atomic E-state index is -0.474. The molecule has 0 unspecified atom stereocenters. The van der Waals surface area contributed by atoms with Gasteiger partial charge in [0.05, 0.1) is 23.1 Å². The van der Waals surface area contributed by atoms with Crippen molar-refractivity contribution in [3.63, 3.8) is 0 Å². The fraction of sp³-hybridized carbons (Fsp3) is 0.333. The molecule has 0 aliphatic heterocycles. The monoisotopic (exact) mass is 390 g/mol. The lowest BCUT2D eigenvalue weighted by molar-refractivity contribution is -0.385. The lowest BCUT2D eigenvalue weighted by Crippen LogP contribution is -2.38. The zero-order valence-corrected chi connectivity index (χ0v) is 15.2. The number of anilines is 2. The summed E-state index contributed by atoms with van der Waals surface area (Å²) in [5.41, 5.74) is 1.43. The van der Waals surface area contributed by atoms with Crippen LogP contribution in [-0.4, -0.2) is 59.5 Å². The average molecular weight is 390 g/mol. The number of benzene rings is 2. The molecule has 2 rings (SSSR count). The third-order valence-corrected chi connectivity index (χ3v) is 4.23. The number of nitrogens with zero attached hydrogens (tertiary/aromatic N) is 4. The quantitative estimate of drug-likeness (QED) is 0.438. The van der Waals surface area contributed by atoms with Gasteiger partial charge < -0.3 is 20.0 Å². The fourth-order valence-electron chi connectivity index (χ4n) is 2.79. The largest absolute Gasteiger partial charge is 0.395 e. The summed E-state index contributed by atoms with van der Waals surface area (Å²) in [7, 11) is 0. The van der Waals surface area contributed by atoms with Crippen LogP contribution in [0.5, 0.6) is 0 Å². The normalized spacial score (nSPS) is 10.5. The van der Waals surface area contributed by atoms with E-state index in [1.54, 1.807) is 24.3 Å². The van der Waals surface area contributed by atoms with Crippen molar-refractivity contribution >= 4 is 22.7 Å². The molecule has 10 nitrogen and oxygen atoms in total. The summed E-state index contributed by atoms with van der Waals surface area (Å²) in [6.07, 6.45) is 0. The number of nitro groups is 2. The molecule has 10 heteroatoms. The number of aliphatic hydroxyl groups excluding tert-OH is 2. The maximum atomic E-state index is 10.8. The Hall–Kier alpha value is -3.24. The van der Waals surface area contributed by atoms with Gasteiger partial charge in [0.2, 0.25) is 0 Å². The molecule has 0 spiro atoms. The van der Waals surface area contributed by atoms with Crippen LogP contribution in [0.1, 0.15) is 0 Å². The number of hydrogen-bond donors (Lipinski definition) is 2. The van der Waals surface area contributed by atoms with Gasteiger partial charge in [0.25, 0.3) is 11.4 Å². The first-order chi connectivity index (χ1) is 13.5. The van der Waals surface area contributed by atoms with Crippen LogP contribution < -0.4 is 9.80 Å². The van der Waals surface area contributed by atoms with Gasteiger partial charge in [0.1, 0.15) is 0 Å². The highest BCUT2D eigenvalue weighted by Crippen LogP contribution is 2.21. The number of nitro benzene ring substituents is 2. The van der Waals surface area contributed by atoms with Crippen molar-refractivity contribution in [1.82, 2.24) is 0 Å². The first-order valence-electron chi connectivity index (χ1n) is 8.66. The Labute approximate surface area is 161 Å². The van der Waals surface area contributed by atoms with E-state index >= 15 is 0 Å². The number of hydrogen-bond acceptors (Lipinski definition) is 8. The van der Waals surface area contributed by atoms with Crippen LogP contribution in [0, 0.1) is 20.2 Å². The molecular formula is C18H22N4O6. The molecule has 2 aromatic carbocycles. The van der Waals surface area contributed by atoms with E-state index in [9.17, 15) is 30.4 Å². The summed E-state index contributed by atoms with van der Waals surface area (Å²) in [6, 6.07) is 12.1. The molecule has 0 heterocycles. The Morgan fingerprint density at radius 3 is 1.21 bits per heavy atom. The molecule has 0 radical (unpaired) electrons. The molecule has 0 bridgehead atoms. The molecule has 150 valence electrons. The van der Waals surface area contributed by atoms with E-state index in [0.29, 0.717) is 26.2 Å². The lowest BCUT2D eigenvalue weighted by Gasteiger charge is -2.29. The highest BCUT2D eigenvalue weighted by molar-refractivity contribution is 5.53. The van der Waals surface area contributed by atoms with Gasteiger partial charge in [0, 0.05) is 61.8 Å². The second-order valence-electron chi connectivity index (χ2n) is 5.97. The van der Waals surface area contributed by atoms with Gasteiger partial charge >= 0.3 is 0 Å². The molecule has 0 saturated carbocycles. The maximum absolute atomic E-state index is 10.8. The second-order valence-corrected chi connectivity index (χ2v) is 5.97. The van der Waals surface area contributed by atoms with Gasteiger partial charge in [0.15, 0.2) is 0 Å². The predicted octanol–water partition coefficient (Wildman–Crippen LogP) is 1.80. The SMILES string of the molecule is O=[N+]([O-])c1ccc(N(CCO)CCN(CCO)c2ccc([N+](=O)[O-])cc2)cc1. The molecule has 0 atom stereocenters. The van der Waals surface area contributed by atoms with Gasteiger partial charge in [-0.15, -0.1) is 0 Å². The summed E-state index contributed by atoms with van der Waals surface area (Å²) in [5, 5.41) is 40.3. The van der Waals surface area contributed by atoms with Crippen LogP contribution in [0.2, 0.25) is 0 Å². The Balaban J connectivity index is 2.11. The molecular weight excluding hydrogens is 368 g/mol. The molecule has 2 aromatic rings. The highest BCUT2D eigenvalue weighted by Gasteiger charge is 2.13. The third-order valence-electron chi connectivity index (χ3n) is 4.23. The van der Waals surface area contributed by atoms with Gasteiger partial charge in [-0.05, 0) is 24.3 Å². The van der Waals surface area contributed by atoms with E-state index < -0.39 is 9.85 Å². The van der Waals surface area contributed by atoms with Gasteiger partial charge in [-0.1, -0.05) is 0 Å². The number of aliphatic hydroxyl groups is 2. The molecule has 0 aliphatic carbocycles. The average Bonchev–Trinajstić information content (AvgIpc) is 2.70. The van der Waals surface area contributed by atoms with Crippen molar-refractivity contribution in [3.8, 4) is 0 Å². The maximum Gasteiger partial charge on any atom is 0.269 e. The molecule has 2 N–H and O–H groups in total. The van der Waals surface area contributed by atoms with Crippen molar-refractivity contribution in [3.05, 3.63) is 68.8 Å². The summed E-state index contributed by atoms with van der Waals surface area (Å²) in [5.74, 6) is 0. The van der Waals surface area contributed by atoms with Crippen LogP contribution in [0.3, 0.4) is 0 Å². The predicted molar refractivity (Wildman–Crippen MR) is 105 cm³/mol. The minimum Gasteiger partial charge on any atom is -0.395 e. The zero-order chi connectivity index (χ0) is 20.5. The zero-order valence-electron chi connectivity index (χ0n) is 15.2. The van der Waals surface area contributed by atoms with Crippen molar-refractivity contribution in [2.24, 2.45) is 0 Å². The van der Waals surface area contributed by atoms with E-state index in [2.05, 4.69) is 0 Å². The first kappa shape index (κ1) is 21.1. The molecule has 0 aliphatic rings. The lowest BCUT2D eigenvalue weighted by atomic mass is 10.2. The van der Waals surface area contributed by atoms with E-state index in [1.807, 2.05) is 9.80 Å². The summed E-state index contributed by atoms with van der Waals surface area (Å²) >= 11 is 0. The third kappa shape index (κ3) is 5.63.